The Balaban J connectivity index is 1.90. The number of anilines is 2. The lowest BCUT2D eigenvalue weighted by Crippen LogP contribution is -1.93. The summed E-state index contributed by atoms with van der Waals surface area (Å²) in [6, 6.07) is 6.15. The molecule has 0 aliphatic heterocycles. The molecule has 20 heavy (non-hydrogen) atoms. The van der Waals surface area contributed by atoms with Crippen molar-refractivity contribution in [3.8, 4) is 0 Å². The van der Waals surface area contributed by atoms with E-state index in [9.17, 15) is 0 Å². The van der Waals surface area contributed by atoms with E-state index in [1.54, 1.807) is 0 Å². The summed E-state index contributed by atoms with van der Waals surface area (Å²) in [5.74, 6) is 2.24. The maximum absolute atomic E-state index is 4.54. The molecule has 0 spiro atoms. The molecule has 0 aliphatic carbocycles. The minimum absolute atomic E-state index is 0.350. The predicted molar refractivity (Wildman–Crippen MR) is 82.7 cm³/mol. The minimum atomic E-state index is 0.350. The van der Waals surface area contributed by atoms with Crippen molar-refractivity contribution in [2.24, 2.45) is 7.05 Å². The molecule has 0 saturated heterocycles. The van der Waals surface area contributed by atoms with E-state index in [0.717, 1.165) is 33.5 Å². The van der Waals surface area contributed by atoms with Crippen LogP contribution in [0.15, 0.2) is 18.2 Å². The number of hydrogen-bond donors (Lipinski definition) is 1. The Labute approximate surface area is 121 Å². The van der Waals surface area contributed by atoms with Gasteiger partial charge in [-0.25, -0.2) is 9.97 Å². The number of rotatable bonds is 3. The van der Waals surface area contributed by atoms with E-state index in [-0.39, 0.29) is 0 Å². The van der Waals surface area contributed by atoms with Crippen LogP contribution in [0.5, 0.6) is 0 Å². The molecule has 0 aliphatic rings. The van der Waals surface area contributed by atoms with Gasteiger partial charge in [0.05, 0.1) is 11.0 Å². The molecule has 2 aromatic heterocycles. The van der Waals surface area contributed by atoms with Crippen LogP contribution in [0.4, 0.5) is 10.8 Å². The second-order valence-electron chi connectivity index (χ2n) is 5.16. The summed E-state index contributed by atoms with van der Waals surface area (Å²) in [6.45, 7) is 6.19. The van der Waals surface area contributed by atoms with E-state index in [4.69, 9.17) is 0 Å². The van der Waals surface area contributed by atoms with Crippen LogP contribution in [0.1, 0.15) is 31.4 Å². The number of aryl methyl sites for hydroxylation is 2. The molecule has 104 valence electrons. The molecular formula is C14H17N5S. The molecule has 0 fully saturated rings. The van der Waals surface area contributed by atoms with Crippen LogP contribution in [0, 0.1) is 6.92 Å². The van der Waals surface area contributed by atoms with Gasteiger partial charge in [-0.2, -0.15) is 4.37 Å². The molecule has 0 atom stereocenters. The number of imidazole rings is 1. The molecule has 2 heterocycles. The van der Waals surface area contributed by atoms with Crippen molar-refractivity contribution in [1.29, 1.82) is 0 Å². The Hall–Kier alpha value is -1.95. The molecule has 0 saturated carbocycles. The number of aromatic nitrogens is 4. The molecule has 3 aromatic rings. The number of nitrogens with one attached hydrogen (secondary N) is 1. The molecule has 0 radical (unpaired) electrons. The maximum Gasteiger partial charge on any atom is 0.207 e. The summed E-state index contributed by atoms with van der Waals surface area (Å²) in [5, 5.41) is 4.12. The fourth-order valence-electron chi connectivity index (χ4n) is 2.04. The molecule has 0 bridgehead atoms. The van der Waals surface area contributed by atoms with Crippen molar-refractivity contribution < 1.29 is 0 Å². The monoisotopic (exact) mass is 287 g/mol. The van der Waals surface area contributed by atoms with Gasteiger partial charge < -0.3 is 9.88 Å². The molecule has 1 N–H and O–H groups in total. The zero-order valence-electron chi connectivity index (χ0n) is 12.0. The first-order chi connectivity index (χ1) is 9.54. The largest absolute Gasteiger partial charge is 0.331 e. The molecule has 3 rings (SSSR count). The normalized spacial score (nSPS) is 11.4. The van der Waals surface area contributed by atoms with Crippen LogP contribution in [0.25, 0.3) is 11.0 Å². The summed E-state index contributed by atoms with van der Waals surface area (Å²) >= 11 is 1.39. The Kier molecular flexibility index (Phi) is 3.17. The number of hydrogen-bond acceptors (Lipinski definition) is 5. The van der Waals surface area contributed by atoms with Crippen LogP contribution < -0.4 is 5.32 Å². The van der Waals surface area contributed by atoms with Crippen molar-refractivity contribution in [1.82, 2.24) is 18.9 Å². The smallest absolute Gasteiger partial charge is 0.207 e. The van der Waals surface area contributed by atoms with Crippen molar-refractivity contribution in [3.05, 3.63) is 29.8 Å². The van der Waals surface area contributed by atoms with E-state index in [1.165, 1.54) is 11.5 Å². The van der Waals surface area contributed by atoms with E-state index >= 15 is 0 Å². The summed E-state index contributed by atoms with van der Waals surface area (Å²) in [5.41, 5.74) is 3.11. The quantitative estimate of drug-likeness (QED) is 0.799. The average molecular weight is 287 g/mol. The minimum Gasteiger partial charge on any atom is -0.331 e. The van der Waals surface area contributed by atoms with Gasteiger partial charge in [-0.1, -0.05) is 13.8 Å². The van der Waals surface area contributed by atoms with Gasteiger partial charge in [0.25, 0.3) is 0 Å². The summed E-state index contributed by atoms with van der Waals surface area (Å²) in [7, 11) is 2.03. The van der Waals surface area contributed by atoms with E-state index in [1.807, 2.05) is 26.1 Å². The van der Waals surface area contributed by atoms with Gasteiger partial charge >= 0.3 is 0 Å². The number of nitrogens with zero attached hydrogens (tertiary/aromatic N) is 4. The lowest BCUT2D eigenvalue weighted by atomic mass is 10.2. The van der Waals surface area contributed by atoms with Crippen molar-refractivity contribution >= 4 is 33.4 Å². The van der Waals surface area contributed by atoms with Gasteiger partial charge in [-0.3, -0.25) is 0 Å². The van der Waals surface area contributed by atoms with Gasteiger partial charge in [0, 0.05) is 30.2 Å². The first kappa shape index (κ1) is 13.1. The molecular weight excluding hydrogens is 270 g/mol. The average Bonchev–Trinajstić information content (AvgIpc) is 2.96. The molecule has 6 heteroatoms. The molecule has 1 aromatic carbocycles. The zero-order valence-corrected chi connectivity index (χ0v) is 12.8. The molecule has 5 nitrogen and oxygen atoms in total. The van der Waals surface area contributed by atoms with Crippen LogP contribution in [-0.2, 0) is 7.05 Å². The Morgan fingerprint density at radius 3 is 2.75 bits per heavy atom. The van der Waals surface area contributed by atoms with Gasteiger partial charge in [0.1, 0.15) is 11.6 Å². The lowest BCUT2D eigenvalue weighted by molar-refractivity contribution is 0.800. The van der Waals surface area contributed by atoms with Crippen LogP contribution in [0.3, 0.4) is 0 Å². The Bertz CT molecular complexity index is 756. The third-order valence-corrected chi connectivity index (χ3v) is 3.96. The SMILES string of the molecule is Cc1nc2cc(Nc3nc(C(C)C)ns3)ccc2n1C. The van der Waals surface area contributed by atoms with Gasteiger partial charge in [0.15, 0.2) is 0 Å². The highest BCUT2D eigenvalue weighted by molar-refractivity contribution is 7.09. The summed E-state index contributed by atoms with van der Waals surface area (Å²) in [4.78, 5) is 9.02. The van der Waals surface area contributed by atoms with Crippen LogP contribution in [0.2, 0.25) is 0 Å². The highest BCUT2D eigenvalue weighted by atomic mass is 32.1. The standard InChI is InChI=1S/C14H17N5S/c1-8(2)13-17-14(20-18-13)16-10-5-6-12-11(7-10)15-9(3)19(12)4/h5-8H,1-4H3,(H,16,17,18). The third kappa shape index (κ3) is 2.27. The maximum atomic E-state index is 4.54. The second kappa shape index (κ2) is 4.86. The Morgan fingerprint density at radius 1 is 1.25 bits per heavy atom. The number of fused-ring (bicyclic) bond motifs is 1. The second-order valence-corrected chi connectivity index (χ2v) is 5.91. The zero-order chi connectivity index (χ0) is 14.3. The van der Waals surface area contributed by atoms with Gasteiger partial charge in [0.2, 0.25) is 5.13 Å². The predicted octanol–water partition coefficient (Wildman–Crippen LogP) is 3.60. The highest BCUT2D eigenvalue weighted by Gasteiger charge is 2.09. The fraction of sp³-hybridized carbons (Fsp3) is 0.357. The highest BCUT2D eigenvalue weighted by Crippen LogP contribution is 2.24. The van der Waals surface area contributed by atoms with E-state index in [2.05, 4.69) is 44.1 Å². The first-order valence-corrected chi connectivity index (χ1v) is 7.35. The van der Waals surface area contributed by atoms with Crippen molar-refractivity contribution in [3.63, 3.8) is 0 Å². The fourth-order valence-corrected chi connectivity index (χ4v) is 2.77. The molecule has 0 amide bonds. The van der Waals surface area contributed by atoms with Gasteiger partial charge in [-0.05, 0) is 25.1 Å². The van der Waals surface area contributed by atoms with Gasteiger partial charge in [-0.15, -0.1) is 0 Å². The van der Waals surface area contributed by atoms with Crippen LogP contribution >= 0.6 is 11.5 Å². The van der Waals surface area contributed by atoms with Crippen LogP contribution in [-0.4, -0.2) is 18.9 Å². The topological polar surface area (TPSA) is 55.6 Å². The first-order valence-electron chi connectivity index (χ1n) is 6.58. The van der Waals surface area contributed by atoms with Crippen molar-refractivity contribution in [2.45, 2.75) is 26.7 Å². The summed E-state index contributed by atoms with van der Waals surface area (Å²) < 4.78 is 6.42. The third-order valence-electron chi connectivity index (χ3n) is 3.31. The molecule has 0 unspecified atom stereocenters. The van der Waals surface area contributed by atoms with Crippen molar-refractivity contribution in [2.75, 3.05) is 5.32 Å². The van der Waals surface area contributed by atoms with E-state index < -0.39 is 0 Å². The van der Waals surface area contributed by atoms with E-state index in [0.29, 0.717) is 5.92 Å². The summed E-state index contributed by atoms with van der Waals surface area (Å²) in [6.07, 6.45) is 0. The Morgan fingerprint density at radius 2 is 2.05 bits per heavy atom. The lowest BCUT2D eigenvalue weighted by Gasteiger charge is -2.02. The number of benzene rings is 1.